The number of benzene rings is 2. The molecule has 0 spiro atoms. The van der Waals surface area contributed by atoms with E-state index in [2.05, 4.69) is 4.98 Å². The molecule has 2 N–H and O–H groups in total. The van der Waals surface area contributed by atoms with Gasteiger partial charge in [-0.2, -0.15) is 0 Å². The first-order valence-corrected chi connectivity index (χ1v) is 5.93. The number of nitrogen functional groups attached to an aromatic ring is 1. The molecule has 0 saturated heterocycles. The second-order valence-corrected chi connectivity index (χ2v) is 4.57. The lowest BCUT2D eigenvalue weighted by Gasteiger charge is -2.07. The molecule has 0 radical (unpaired) electrons. The van der Waals surface area contributed by atoms with Crippen LogP contribution >= 0.6 is 11.6 Å². The molecule has 2 aromatic carbocycles. The highest BCUT2D eigenvalue weighted by molar-refractivity contribution is 6.31. The highest BCUT2D eigenvalue weighted by Crippen LogP contribution is 2.28. The van der Waals surface area contributed by atoms with Crippen LogP contribution in [0.2, 0.25) is 5.02 Å². The first kappa shape index (κ1) is 12.8. The van der Waals surface area contributed by atoms with Crippen molar-refractivity contribution in [3.63, 3.8) is 0 Å². The minimum atomic E-state index is -1.02. The van der Waals surface area contributed by atoms with Crippen LogP contribution in [0.5, 0.6) is 0 Å². The van der Waals surface area contributed by atoms with Gasteiger partial charge in [0.05, 0.1) is 21.7 Å². The fourth-order valence-corrected chi connectivity index (χ4v) is 2.14. The molecule has 0 amide bonds. The van der Waals surface area contributed by atoms with Gasteiger partial charge in [-0.1, -0.05) is 11.6 Å². The van der Waals surface area contributed by atoms with Crippen LogP contribution in [0.3, 0.4) is 0 Å². The fraction of sp³-hybridized carbons (Fsp3) is 0. The molecule has 1 aromatic heterocycles. The quantitative estimate of drug-likeness (QED) is 0.744. The largest absolute Gasteiger partial charge is 0.369 e. The number of anilines is 1. The normalized spacial score (nSPS) is 11.2. The maximum Gasteiger partial charge on any atom is 0.205 e. The maximum absolute atomic E-state index is 13.4. The number of rotatable bonds is 1. The van der Waals surface area contributed by atoms with E-state index in [9.17, 15) is 13.2 Å². The predicted molar refractivity (Wildman–Crippen MR) is 70.4 cm³/mol. The van der Waals surface area contributed by atoms with Gasteiger partial charge in [0.1, 0.15) is 5.82 Å². The van der Waals surface area contributed by atoms with Gasteiger partial charge in [0.25, 0.3) is 0 Å². The lowest BCUT2D eigenvalue weighted by molar-refractivity contribution is 0.508. The lowest BCUT2D eigenvalue weighted by atomic mass is 10.2. The first-order valence-electron chi connectivity index (χ1n) is 5.56. The number of hydrogen-bond acceptors (Lipinski definition) is 2. The van der Waals surface area contributed by atoms with Crippen molar-refractivity contribution in [3.05, 3.63) is 52.8 Å². The van der Waals surface area contributed by atoms with Gasteiger partial charge in [-0.3, -0.25) is 4.57 Å². The molecule has 102 valence electrons. The van der Waals surface area contributed by atoms with E-state index in [1.165, 1.54) is 16.7 Å². The van der Waals surface area contributed by atoms with E-state index < -0.39 is 17.5 Å². The topological polar surface area (TPSA) is 43.8 Å². The molecule has 0 fully saturated rings. The standard InChI is InChI=1S/C13H7ClF3N3/c14-7-4-12-11(5-9(7)16)19-13(18)20(12)6-1-2-8(15)10(17)3-6/h1-5H,(H2,18,19). The molecule has 0 saturated carbocycles. The van der Waals surface area contributed by atoms with Gasteiger partial charge < -0.3 is 5.73 Å². The number of fused-ring (bicyclic) bond motifs is 1. The molecular formula is C13H7ClF3N3. The van der Waals surface area contributed by atoms with Crippen molar-refractivity contribution in [1.29, 1.82) is 0 Å². The summed E-state index contributed by atoms with van der Waals surface area (Å²) in [6.07, 6.45) is 0. The van der Waals surface area contributed by atoms with Crippen LogP contribution in [0.1, 0.15) is 0 Å². The molecule has 3 rings (SSSR count). The third kappa shape index (κ3) is 1.89. The Bertz CT molecular complexity index is 829. The van der Waals surface area contributed by atoms with Crippen molar-refractivity contribution >= 4 is 28.6 Å². The van der Waals surface area contributed by atoms with E-state index in [-0.39, 0.29) is 22.2 Å². The van der Waals surface area contributed by atoms with Crippen LogP contribution in [-0.2, 0) is 0 Å². The summed E-state index contributed by atoms with van der Waals surface area (Å²) in [7, 11) is 0. The van der Waals surface area contributed by atoms with Gasteiger partial charge in [-0.15, -0.1) is 0 Å². The van der Waals surface area contributed by atoms with Crippen molar-refractivity contribution in [3.8, 4) is 5.69 Å². The molecule has 3 aromatic rings. The smallest absolute Gasteiger partial charge is 0.205 e. The molecule has 0 aliphatic rings. The SMILES string of the molecule is Nc1nc2cc(F)c(Cl)cc2n1-c1ccc(F)c(F)c1. The van der Waals surface area contributed by atoms with Crippen LogP contribution in [0.25, 0.3) is 16.7 Å². The van der Waals surface area contributed by atoms with Gasteiger partial charge in [0.2, 0.25) is 5.95 Å². The van der Waals surface area contributed by atoms with Crippen LogP contribution in [0.4, 0.5) is 19.1 Å². The number of nitrogens with two attached hydrogens (primary N) is 1. The molecule has 0 atom stereocenters. The molecule has 0 aliphatic carbocycles. The average molecular weight is 298 g/mol. The highest BCUT2D eigenvalue weighted by atomic mass is 35.5. The number of imidazole rings is 1. The van der Waals surface area contributed by atoms with E-state index >= 15 is 0 Å². The summed E-state index contributed by atoms with van der Waals surface area (Å²) >= 11 is 5.72. The number of halogens is 4. The summed E-state index contributed by atoms with van der Waals surface area (Å²) in [6.45, 7) is 0. The summed E-state index contributed by atoms with van der Waals surface area (Å²) < 4.78 is 41.0. The maximum atomic E-state index is 13.4. The van der Waals surface area contributed by atoms with E-state index in [0.717, 1.165) is 18.2 Å². The zero-order valence-electron chi connectivity index (χ0n) is 9.87. The Morgan fingerprint density at radius 2 is 1.75 bits per heavy atom. The fourth-order valence-electron chi connectivity index (χ4n) is 1.99. The van der Waals surface area contributed by atoms with Gasteiger partial charge in [-0.25, -0.2) is 18.2 Å². The lowest BCUT2D eigenvalue weighted by Crippen LogP contribution is -2.01. The first-order chi connectivity index (χ1) is 9.47. The Hall–Kier alpha value is -2.21. The Labute approximate surface area is 116 Å². The van der Waals surface area contributed by atoms with E-state index in [1.807, 2.05) is 0 Å². The summed E-state index contributed by atoms with van der Waals surface area (Å²) in [4.78, 5) is 3.97. The minimum absolute atomic E-state index is 0.0210. The second-order valence-electron chi connectivity index (χ2n) is 4.16. The molecule has 20 heavy (non-hydrogen) atoms. The number of hydrogen-bond donors (Lipinski definition) is 1. The van der Waals surface area contributed by atoms with Gasteiger partial charge in [-0.05, 0) is 18.2 Å². The van der Waals surface area contributed by atoms with Gasteiger partial charge in [0.15, 0.2) is 11.6 Å². The second kappa shape index (κ2) is 4.42. The van der Waals surface area contributed by atoms with Crippen LogP contribution in [0, 0.1) is 17.5 Å². The Kier molecular flexibility index (Phi) is 2.83. The predicted octanol–water partition coefficient (Wildman–Crippen LogP) is 3.68. The van der Waals surface area contributed by atoms with E-state index in [1.54, 1.807) is 0 Å². The molecule has 1 heterocycles. The molecule has 3 nitrogen and oxygen atoms in total. The van der Waals surface area contributed by atoms with E-state index in [0.29, 0.717) is 5.52 Å². The Morgan fingerprint density at radius 1 is 1.00 bits per heavy atom. The molecule has 0 aliphatic heterocycles. The van der Waals surface area contributed by atoms with Crippen LogP contribution in [-0.4, -0.2) is 9.55 Å². The third-order valence-corrected chi connectivity index (χ3v) is 3.17. The van der Waals surface area contributed by atoms with Crippen molar-refractivity contribution in [2.24, 2.45) is 0 Å². The molecule has 7 heteroatoms. The van der Waals surface area contributed by atoms with Crippen LogP contribution < -0.4 is 5.73 Å². The van der Waals surface area contributed by atoms with Crippen molar-refractivity contribution in [1.82, 2.24) is 9.55 Å². The van der Waals surface area contributed by atoms with Crippen molar-refractivity contribution in [2.45, 2.75) is 0 Å². The van der Waals surface area contributed by atoms with Gasteiger partial charge >= 0.3 is 0 Å². The summed E-state index contributed by atoms with van der Waals surface area (Å²) in [5, 5.41) is -0.110. The Balaban J connectivity index is 2.32. The number of aromatic nitrogens is 2. The Morgan fingerprint density at radius 3 is 2.45 bits per heavy atom. The van der Waals surface area contributed by atoms with Crippen molar-refractivity contribution in [2.75, 3.05) is 5.73 Å². The zero-order valence-corrected chi connectivity index (χ0v) is 10.6. The third-order valence-electron chi connectivity index (χ3n) is 2.88. The zero-order chi connectivity index (χ0) is 14.4. The van der Waals surface area contributed by atoms with E-state index in [4.69, 9.17) is 17.3 Å². The van der Waals surface area contributed by atoms with Crippen molar-refractivity contribution < 1.29 is 13.2 Å². The molecule has 0 unspecified atom stereocenters. The average Bonchev–Trinajstić information content (AvgIpc) is 2.69. The monoisotopic (exact) mass is 297 g/mol. The molecule has 0 bridgehead atoms. The number of nitrogens with zero attached hydrogens (tertiary/aromatic N) is 2. The molecular weight excluding hydrogens is 291 g/mol. The summed E-state index contributed by atoms with van der Waals surface area (Å²) in [5.41, 5.74) is 6.69. The summed E-state index contributed by atoms with van der Waals surface area (Å²) in [6, 6.07) is 5.75. The minimum Gasteiger partial charge on any atom is -0.369 e. The summed E-state index contributed by atoms with van der Waals surface area (Å²) in [5.74, 6) is -2.60. The highest BCUT2D eigenvalue weighted by Gasteiger charge is 2.14. The van der Waals surface area contributed by atoms with Gasteiger partial charge in [0, 0.05) is 12.1 Å². The van der Waals surface area contributed by atoms with Crippen LogP contribution in [0.15, 0.2) is 30.3 Å².